The molecule has 0 spiro atoms. The van der Waals surface area contributed by atoms with Gasteiger partial charge in [-0.2, -0.15) is 0 Å². The van der Waals surface area contributed by atoms with E-state index in [1.165, 1.54) is 11.1 Å². The Balaban J connectivity index is 0.00000300. The first-order chi connectivity index (χ1) is 13.7. The molecule has 2 aliphatic heterocycles. The third kappa shape index (κ3) is 8.39. The van der Waals surface area contributed by atoms with Gasteiger partial charge in [-0.05, 0) is 37.3 Å². The normalized spacial score (nSPS) is 20.3. The van der Waals surface area contributed by atoms with E-state index in [-0.39, 0.29) is 24.0 Å². The van der Waals surface area contributed by atoms with Gasteiger partial charge in [0.25, 0.3) is 0 Å². The van der Waals surface area contributed by atoms with Crippen LogP contribution in [0.25, 0.3) is 0 Å². The van der Waals surface area contributed by atoms with Crippen LogP contribution in [-0.4, -0.2) is 63.5 Å². The zero-order chi connectivity index (χ0) is 19.6. The van der Waals surface area contributed by atoms with Crippen LogP contribution in [0.15, 0.2) is 29.3 Å². The minimum atomic E-state index is 0. The third-order valence-electron chi connectivity index (χ3n) is 5.31. The average Bonchev–Trinajstić information content (AvgIpc) is 3.23. The van der Waals surface area contributed by atoms with Gasteiger partial charge in [0, 0.05) is 45.9 Å². The first-order valence-corrected chi connectivity index (χ1v) is 10.6. The van der Waals surface area contributed by atoms with Crippen LogP contribution in [0.1, 0.15) is 37.3 Å². The van der Waals surface area contributed by atoms with Crippen LogP contribution in [-0.2, 0) is 27.4 Å². The molecular formula is C22H36IN3O3. The lowest BCUT2D eigenvalue weighted by atomic mass is 10.1. The molecule has 29 heavy (non-hydrogen) atoms. The lowest BCUT2D eigenvalue weighted by molar-refractivity contribution is -0.0390. The minimum Gasteiger partial charge on any atom is -0.381 e. The van der Waals surface area contributed by atoms with Crippen molar-refractivity contribution in [2.75, 3.05) is 46.6 Å². The molecule has 2 fully saturated rings. The molecule has 0 amide bonds. The molecule has 0 aromatic heterocycles. The summed E-state index contributed by atoms with van der Waals surface area (Å²) in [6.45, 7) is 8.64. The Hall–Kier alpha value is -0.900. The lowest BCUT2D eigenvalue weighted by Gasteiger charge is -2.24. The predicted molar refractivity (Wildman–Crippen MR) is 127 cm³/mol. The van der Waals surface area contributed by atoms with E-state index in [1.54, 1.807) is 0 Å². The molecule has 2 aliphatic rings. The van der Waals surface area contributed by atoms with E-state index in [1.807, 2.05) is 0 Å². The molecule has 0 bridgehead atoms. The van der Waals surface area contributed by atoms with Crippen LogP contribution in [0, 0.1) is 5.92 Å². The first-order valence-electron chi connectivity index (χ1n) is 10.6. The first kappa shape index (κ1) is 24.4. The van der Waals surface area contributed by atoms with Gasteiger partial charge in [0.1, 0.15) is 0 Å². The lowest BCUT2D eigenvalue weighted by Crippen LogP contribution is -2.41. The zero-order valence-electron chi connectivity index (χ0n) is 17.8. The van der Waals surface area contributed by atoms with Crippen molar-refractivity contribution in [3.8, 4) is 0 Å². The van der Waals surface area contributed by atoms with Gasteiger partial charge in [-0.25, -0.2) is 4.99 Å². The fraction of sp³-hybridized carbons (Fsp3) is 0.682. The number of aliphatic imine (C=N–C) groups is 1. The summed E-state index contributed by atoms with van der Waals surface area (Å²) in [6, 6.07) is 8.57. The summed E-state index contributed by atoms with van der Waals surface area (Å²) >= 11 is 0. The smallest absolute Gasteiger partial charge is 0.193 e. The van der Waals surface area contributed by atoms with Gasteiger partial charge in [0.2, 0.25) is 0 Å². The van der Waals surface area contributed by atoms with Crippen LogP contribution in [0.2, 0.25) is 0 Å². The van der Waals surface area contributed by atoms with E-state index in [9.17, 15) is 0 Å². The highest BCUT2D eigenvalue weighted by Crippen LogP contribution is 2.15. The van der Waals surface area contributed by atoms with Crippen molar-refractivity contribution < 1.29 is 14.2 Å². The summed E-state index contributed by atoms with van der Waals surface area (Å²) in [7, 11) is 2.11. The van der Waals surface area contributed by atoms with Crippen molar-refractivity contribution in [1.82, 2.24) is 10.2 Å². The summed E-state index contributed by atoms with van der Waals surface area (Å²) in [4.78, 5) is 7.07. The standard InChI is InChI=1S/C22H35N3O3.HI/c1-3-23-22(25(2)15-20-7-10-27-16-20)24-14-18-5-4-6-19(13-18)17-28-21-8-11-26-12-9-21;/h4-6,13,20-21H,3,7-12,14-17H2,1-2H3,(H,23,24);1H. The Labute approximate surface area is 192 Å². The Morgan fingerprint density at radius 2 is 1.93 bits per heavy atom. The Kier molecular flexibility index (Phi) is 11.3. The van der Waals surface area contributed by atoms with Gasteiger partial charge in [0.15, 0.2) is 5.96 Å². The number of hydrogen-bond donors (Lipinski definition) is 1. The summed E-state index contributed by atoms with van der Waals surface area (Å²) in [5, 5.41) is 3.41. The number of benzene rings is 1. The maximum absolute atomic E-state index is 6.05. The zero-order valence-corrected chi connectivity index (χ0v) is 20.1. The van der Waals surface area contributed by atoms with Crippen LogP contribution in [0.5, 0.6) is 0 Å². The largest absolute Gasteiger partial charge is 0.381 e. The molecule has 1 N–H and O–H groups in total. The van der Waals surface area contributed by atoms with Gasteiger partial charge >= 0.3 is 0 Å². The Bertz CT molecular complexity index is 617. The minimum absolute atomic E-state index is 0. The third-order valence-corrected chi connectivity index (χ3v) is 5.31. The van der Waals surface area contributed by atoms with E-state index in [4.69, 9.17) is 19.2 Å². The van der Waals surface area contributed by atoms with Crippen molar-refractivity contribution >= 4 is 29.9 Å². The van der Waals surface area contributed by atoms with Gasteiger partial charge < -0.3 is 24.4 Å². The van der Waals surface area contributed by atoms with Crippen molar-refractivity contribution in [1.29, 1.82) is 0 Å². The van der Waals surface area contributed by atoms with Crippen molar-refractivity contribution in [3.63, 3.8) is 0 Å². The fourth-order valence-electron chi connectivity index (χ4n) is 3.71. The van der Waals surface area contributed by atoms with E-state index in [0.29, 0.717) is 25.2 Å². The summed E-state index contributed by atoms with van der Waals surface area (Å²) in [5.74, 6) is 1.55. The molecule has 1 unspecified atom stereocenters. The molecule has 164 valence electrons. The number of nitrogens with one attached hydrogen (secondary N) is 1. The second kappa shape index (κ2) is 13.4. The number of halogens is 1. The molecular weight excluding hydrogens is 481 g/mol. The van der Waals surface area contributed by atoms with Crippen molar-refractivity contribution in [2.24, 2.45) is 10.9 Å². The summed E-state index contributed by atoms with van der Waals surface area (Å²) < 4.78 is 16.9. The Morgan fingerprint density at radius 1 is 1.17 bits per heavy atom. The van der Waals surface area contributed by atoms with Gasteiger partial charge in [-0.1, -0.05) is 24.3 Å². The molecule has 2 saturated heterocycles. The highest BCUT2D eigenvalue weighted by Gasteiger charge is 2.19. The highest BCUT2D eigenvalue weighted by atomic mass is 127. The van der Waals surface area contributed by atoms with E-state index >= 15 is 0 Å². The molecule has 0 aliphatic carbocycles. The molecule has 0 saturated carbocycles. The Morgan fingerprint density at radius 3 is 2.66 bits per heavy atom. The maximum atomic E-state index is 6.05. The van der Waals surface area contributed by atoms with Gasteiger partial charge in [-0.3, -0.25) is 0 Å². The van der Waals surface area contributed by atoms with Crippen LogP contribution in [0.4, 0.5) is 0 Å². The number of hydrogen-bond acceptors (Lipinski definition) is 4. The highest BCUT2D eigenvalue weighted by molar-refractivity contribution is 14.0. The molecule has 2 heterocycles. The van der Waals surface area contributed by atoms with Crippen molar-refractivity contribution in [3.05, 3.63) is 35.4 Å². The molecule has 3 rings (SSSR count). The molecule has 0 radical (unpaired) electrons. The average molecular weight is 517 g/mol. The number of guanidine groups is 1. The number of nitrogens with zero attached hydrogens (tertiary/aromatic N) is 2. The monoisotopic (exact) mass is 517 g/mol. The molecule has 6 nitrogen and oxygen atoms in total. The van der Waals surface area contributed by atoms with E-state index in [2.05, 4.69) is 48.5 Å². The van der Waals surface area contributed by atoms with E-state index < -0.39 is 0 Å². The van der Waals surface area contributed by atoms with E-state index in [0.717, 1.165) is 64.7 Å². The summed E-state index contributed by atoms with van der Waals surface area (Å²) in [6.07, 6.45) is 3.45. The van der Waals surface area contributed by atoms with Gasteiger partial charge in [-0.15, -0.1) is 24.0 Å². The van der Waals surface area contributed by atoms with Crippen LogP contribution < -0.4 is 5.32 Å². The fourth-order valence-corrected chi connectivity index (χ4v) is 3.71. The summed E-state index contributed by atoms with van der Waals surface area (Å²) in [5.41, 5.74) is 2.42. The van der Waals surface area contributed by atoms with Gasteiger partial charge in [0.05, 0.1) is 25.9 Å². The van der Waals surface area contributed by atoms with Crippen LogP contribution >= 0.6 is 24.0 Å². The molecule has 1 aromatic rings. The number of rotatable bonds is 8. The molecule has 1 aromatic carbocycles. The maximum Gasteiger partial charge on any atom is 0.193 e. The second-order valence-corrected chi connectivity index (χ2v) is 7.72. The van der Waals surface area contributed by atoms with Crippen molar-refractivity contribution in [2.45, 2.75) is 45.4 Å². The second-order valence-electron chi connectivity index (χ2n) is 7.72. The van der Waals surface area contributed by atoms with Crippen LogP contribution in [0.3, 0.4) is 0 Å². The molecule has 7 heteroatoms. The number of ether oxygens (including phenoxy) is 3. The molecule has 1 atom stereocenters. The quantitative estimate of drug-likeness (QED) is 0.326. The topological polar surface area (TPSA) is 55.3 Å². The predicted octanol–water partition coefficient (Wildman–Crippen LogP) is 3.43. The SMILES string of the molecule is CCNC(=NCc1cccc(COC2CCOCC2)c1)N(C)CC1CCOC1.I.